The lowest BCUT2D eigenvalue weighted by atomic mass is 10.1. The van der Waals surface area contributed by atoms with Gasteiger partial charge in [-0.3, -0.25) is 0 Å². The second-order valence-corrected chi connectivity index (χ2v) is 4.09. The molecule has 0 amide bonds. The van der Waals surface area contributed by atoms with Gasteiger partial charge >= 0.3 is 0 Å². The number of alkyl halides is 1. The Bertz CT molecular complexity index is 97.7. The predicted molar refractivity (Wildman–Crippen MR) is 48.1 cm³/mol. The summed E-state index contributed by atoms with van der Waals surface area (Å²) >= 11 is 5.82. The molecule has 0 spiro atoms. The molecule has 0 N–H and O–H groups in total. The van der Waals surface area contributed by atoms with Crippen LogP contribution in [0.5, 0.6) is 0 Å². The van der Waals surface area contributed by atoms with E-state index < -0.39 is 0 Å². The number of halogens is 1. The monoisotopic (exact) mass is 176 g/mol. The Hall–Kier alpha value is 0.250. The summed E-state index contributed by atoms with van der Waals surface area (Å²) in [6.07, 6.45) is 6.61. The highest BCUT2D eigenvalue weighted by atomic mass is 35.5. The van der Waals surface area contributed by atoms with Crippen molar-refractivity contribution < 1.29 is 4.74 Å². The van der Waals surface area contributed by atoms with Gasteiger partial charge in [0.25, 0.3) is 0 Å². The Kier molecular flexibility index (Phi) is 4.24. The van der Waals surface area contributed by atoms with Crippen LogP contribution in [0.3, 0.4) is 0 Å². The zero-order valence-electron chi connectivity index (χ0n) is 7.18. The molecular formula is C9H17ClO. The van der Waals surface area contributed by atoms with E-state index in [1.54, 1.807) is 0 Å². The molecule has 0 bridgehead atoms. The third kappa shape index (κ3) is 3.97. The van der Waals surface area contributed by atoms with Crippen molar-refractivity contribution in [2.75, 3.05) is 6.61 Å². The van der Waals surface area contributed by atoms with Crippen LogP contribution in [-0.2, 0) is 4.74 Å². The van der Waals surface area contributed by atoms with Gasteiger partial charge in [-0.2, -0.15) is 0 Å². The first kappa shape index (κ1) is 9.34. The third-order valence-corrected chi connectivity index (χ3v) is 2.37. The SMILES string of the molecule is CC(Cl)CCCC1CCCO1. The van der Waals surface area contributed by atoms with E-state index in [2.05, 4.69) is 6.92 Å². The summed E-state index contributed by atoms with van der Waals surface area (Å²) in [5.74, 6) is 0. The van der Waals surface area contributed by atoms with Gasteiger partial charge in [0, 0.05) is 12.0 Å². The van der Waals surface area contributed by atoms with Crippen LogP contribution in [0.4, 0.5) is 0 Å². The zero-order chi connectivity index (χ0) is 8.10. The van der Waals surface area contributed by atoms with Crippen LogP contribution in [0.2, 0.25) is 0 Å². The minimum atomic E-state index is 0.330. The minimum Gasteiger partial charge on any atom is -0.378 e. The lowest BCUT2D eigenvalue weighted by Gasteiger charge is -2.08. The van der Waals surface area contributed by atoms with Crippen LogP contribution in [0, 0.1) is 0 Å². The van der Waals surface area contributed by atoms with Gasteiger partial charge in [0.15, 0.2) is 0 Å². The van der Waals surface area contributed by atoms with Crippen molar-refractivity contribution in [1.29, 1.82) is 0 Å². The summed E-state index contributed by atoms with van der Waals surface area (Å²) in [6, 6.07) is 0. The fourth-order valence-electron chi connectivity index (χ4n) is 1.50. The number of hydrogen-bond donors (Lipinski definition) is 0. The van der Waals surface area contributed by atoms with Crippen LogP contribution >= 0.6 is 11.6 Å². The summed E-state index contributed by atoms with van der Waals surface area (Å²) in [4.78, 5) is 0. The lowest BCUT2D eigenvalue weighted by molar-refractivity contribution is 0.102. The van der Waals surface area contributed by atoms with Gasteiger partial charge in [0.1, 0.15) is 0 Å². The highest BCUT2D eigenvalue weighted by Crippen LogP contribution is 2.18. The normalized spacial score (nSPS) is 27.3. The van der Waals surface area contributed by atoms with Crippen molar-refractivity contribution in [3.05, 3.63) is 0 Å². The molecule has 11 heavy (non-hydrogen) atoms. The Morgan fingerprint density at radius 2 is 2.45 bits per heavy atom. The van der Waals surface area contributed by atoms with Crippen LogP contribution < -0.4 is 0 Å². The first-order valence-electron chi connectivity index (χ1n) is 4.54. The molecule has 0 aromatic carbocycles. The highest BCUT2D eigenvalue weighted by Gasteiger charge is 2.14. The highest BCUT2D eigenvalue weighted by molar-refractivity contribution is 6.20. The first-order chi connectivity index (χ1) is 5.29. The summed E-state index contributed by atoms with van der Waals surface area (Å²) < 4.78 is 5.49. The number of ether oxygens (including phenoxy) is 1. The van der Waals surface area contributed by atoms with E-state index in [4.69, 9.17) is 16.3 Å². The Morgan fingerprint density at radius 3 is 3.00 bits per heavy atom. The number of rotatable bonds is 4. The van der Waals surface area contributed by atoms with E-state index in [-0.39, 0.29) is 0 Å². The minimum absolute atomic E-state index is 0.330. The van der Waals surface area contributed by atoms with Crippen LogP contribution in [0.15, 0.2) is 0 Å². The van der Waals surface area contributed by atoms with E-state index in [1.807, 2.05) is 0 Å². The second kappa shape index (κ2) is 5.00. The van der Waals surface area contributed by atoms with Crippen molar-refractivity contribution in [3.63, 3.8) is 0 Å². The maximum Gasteiger partial charge on any atom is 0.0576 e. The fraction of sp³-hybridized carbons (Fsp3) is 1.00. The Morgan fingerprint density at radius 1 is 1.64 bits per heavy atom. The topological polar surface area (TPSA) is 9.23 Å². The molecule has 2 atom stereocenters. The van der Waals surface area contributed by atoms with E-state index >= 15 is 0 Å². The van der Waals surface area contributed by atoms with Crippen LogP contribution in [0.25, 0.3) is 0 Å². The zero-order valence-corrected chi connectivity index (χ0v) is 7.94. The molecule has 1 aliphatic rings. The maximum atomic E-state index is 5.82. The van der Waals surface area contributed by atoms with Gasteiger partial charge in [0.2, 0.25) is 0 Å². The van der Waals surface area contributed by atoms with E-state index in [1.165, 1.54) is 25.7 Å². The molecule has 0 aliphatic carbocycles. The van der Waals surface area contributed by atoms with Crippen molar-refractivity contribution in [2.45, 2.75) is 50.5 Å². The molecule has 0 radical (unpaired) electrons. The summed E-state index contributed by atoms with van der Waals surface area (Å²) in [7, 11) is 0. The number of hydrogen-bond acceptors (Lipinski definition) is 1. The van der Waals surface area contributed by atoms with E-state index in [0.717, 1.165) is 13.0 Å². The molecular weight excluding hydrogens is 160 g/mol. The van der Waals surface area contributed by atoms with Crippen molar-refractivity contribution in [2.24, 2.45) is 0 Å². The van der Waals surface area contributed by atoms with Crippen molar-refractivity contribution in [1.82, 2.24) is 0 Å². The largest absolute Gasteiger partial charge is 0.378 e. The molecule has 1 nitrogen and oxygen atoms in total. The third-order valence-electron chi connectivity index (χ3n) is 2.15. The molecule has 1 heterocycles. The molecule has 0 aromatic rings. The van der Waals surface area contributed by atoms with Gasteiger partial charge in [-0.1, -0.05) is 0 Å². The molecule has 1 fully saturated rings. The van der Waals surface area contributed by atoms with Crippen molar-refractivity contribution >= 4 is 11.6 Å². The molecule has 2 heteroatoms. The molecule has 2 unspecified atom stereocenters. The average molecular weight is 177 g/mol. The lowest BCUT2D eigenvalue weighted by Crippen LogP contribution is -2.05. The van der Waals surface area contributed by atoms with Gasteiger partial charge in [-0.15, -0.1) is 11.6 Å². The standard InChI is InChI=1S/C9H17ClO/c1-8(10)4-2-5-9-6-3-7-11-9/h8-9H,2-7H2,1H3. The van der Waals surface area contributed by atoms with Gasteiger partial charge in [-0.05, 0) is 39.0 Å². The van der Waals surface area contributed by atoms with Gasteiger partial charge < -0.3 is 4.74 Å². The summed E-state index contributed by atoms with van der Waals surface area (Å²) in [5.41, 5.74) is 0. The van der Waals surface area contributed by atoms with Gasteiger partial charge in [-0.25, -0.2) is 0 Å². The maximum absolute atomic E-state index is 5.82. The molecule has 0 aromatic heterocycles. The van der Waals surface area contributed by atoms with Crippen LogP contribution in [0.1, 0.15) is 39.0 Å². The molecule has 1 saturated heterocycles. The van der Waals surface area contributed by atoms with Gasteiger partial charge in [0.05, 0.1) is 6.10 Å². The van der Waals surface area contributed by atoms with E-state index in [0.29, 0.717) is 11.5 Å². The predicted octanol–water partition coefficient (Wildman–Crippen LogP) is 2.96. The molecule has 0 saturated carbocycles. The second-order valence-electron chi connectivity index (χ2n) is 3.35. The molecule has 66 valence electrons. The van der Waals surface area contributed by atoms with Crippen molar-refractivity contribution in [3.8, 4) is 0 Å². The quantitative estimate of drug-likeness (QED) is 0.599. The van der Waals surface area contributed by atoms with Crippen LogP contribution in [-0.4, -0.2) is 18.1 Å². The first-order valence-corrected chi connectivity index (χ1v) is 4.98. The molecule has 1 aliphatic heterocycles. The fourth-order valence-corrected chi connectivity index (χ4v) is 1.65. The Labute approximate surface area is 74.1 Å². The molecule has 1 rings (SSSR count). The Balaban J connectivity index is 1.94. The summed E-state index contributed by atoms with van der Waals surface area (Å²) in [6.45, 7) is 3.03. The smallest absolute Gasteiger partial charge is 0.0576 e. The van der Waals surface area contributed by atoms with E-state index in [9.17, 15) is 0 Å². The summed E-state index contributed by atoms with van der Waals surface area (Å²) in [5, 5.41) is 0.330. The average Bonchev–Trinajstić information content (AvgIpc) is 2.39.